The number of aliphatic hydroxyl groups is 1. The minimum absolute atomic E-state index is 0.0339. The van der Waals surface area contributed by atoms with Crippen molar-refractivity contribution in [2.75, 3.05) is 41.8 Å². The van der Waals surface area contributed by atoms with Crippen LogP contribution in [0.4, 0.5) is 17.8 Å². The Bertz CT molecular complexity index is 929. The van der Waals surface area contributed by atoms with Gasteiger partial charge in [0.15, 0.2) is 0 Å². The van der Waals surface area contributed by atoms with Gasteiger partial charge in [-0.25, -0.2) is 0 Å². The zero-order valence-electron chi connectivity index (χ0n) is 18.1. The molecule has 0 aliphatic carbocycles. The molecule has 2 unspecified atom stereocenters. The van der Waals surface area contributed by atoms with E-state index in [1.165, 1.54) is 0 Å². The third-order valence-corrected chi connectivity index (χ3v) is 6.29. The molecule has 2 atom stereocenters. The van der Waals surface area contributed by atoms with Gasteiger partial charge in [0, 0.05) is 37.8 Å². The van der Waals surface area contributed by atoms with E-state index in [4.69, 9.17) is 11.6 Å². The molecular weight excluding hydrogens is 430 g/mol. The smallest absolute Gasteiger partial charge is 0.242 e. The van der Waals surface area contributed by atoms with Crippen LogP contribution in [0.2, 0.25) is 5.02 Å². The van der Waals surface area contributed by atoms with E-state index in [1.807, 2.05) is 24.3 Å². The third-order valence-electron chi connectivity index (χ3n) is 5.92. The Morgan fingerprint density at radius 1 is 1.12 bits per heavy atom. The summed E-state index contributed by atoms with van der Waals surface area (Å²) >= 11 is 6.29. The van der Waals surface area contributed by atoms with Gasteiger partial charge < -0.3 is 26.0 Å². The summed E-state index contributed by atoms with van der Waals surface area (Å²) in [6.45, 7) is 2.81. The molecule has 0 radical (unpaired) electrons. The fraction of sp³-hybridized carbons (Fsp3) is 0.545. The van der Waals surface area contributed by atoms with Crippen LogP contribution >= 0.6 is 11.6 Å². The monoisotopic (exact) mass is 459 g/mol. The Morgan fingerprint density at radius 3 is 2.81 bits per heavy atom. The van der Waals surface area contributed by atoms with E-state index in [0.29, 0.717) is 42.5 Å². The van der Waals surface area contributed by atoms with Crippen LogP contribution in [0.25, 0.3) is 0 Å². The standard InChI is InChI=1S/C22H30ClN7O2/c23-17-8-2-1-7-16(17)12-25-20-27-21(26-18-9-3-4-10-24-19(18)32)29-22(28-20)30-11-5-6-15(13-30)14-31/h1-2,7-8,15,18,31H,3-6,9-14H2,(H,24,32)(H2,25,26,27,28,29). The molecule has 1 aromatic carbocycles. The molecule has 3 heterocycles. The van der Waals surface area contributed by atoms with E-state index >= 15 is 0 Å². The number of carbonyl (C=O) groups is 1. The van der Waals surface area contributed by atoms with Gasteiger partial charge in [-0.3, -0.25) is 4.79 Å². The predicted molar refractivity (Wildman–Crippen MR) is 125 cm³/mol. The number of halogens is 1. The van der Waals surface area contributed by atoms with Gasteiger partial charge in [-0.15, -0.1) is 0 Å². The minimum atomic E-state index is -0.379. The molecule has 2 saturated heterocycles. The lowest BCUT2D eigenvalue weighted by molar-refractivity contribution is -0.121. The van der Waals surface area contributed by atoms with E-state index < -0.39 is 0 Å². The lowest BCUT2D eigenvalue weighted by atomic mass is 9.99. The van der Waals surface area contributed by atoms with Gasteiger partial charge in [-0.1, -0.05) is 29.8 Å². The van der Waals surface area contributed by atoms with Crippen molar-refractivity contribution in [2.24, 2.45) is 5.92 Å². The van der Waals surface area contributed by atoms with Crippen molar-refractivity contribution in [1.82, 2.24) is 20.3 Å². The second-order valence-corrected chi connectivity index (χ2v) is 8.76. The molecule has 0 spiro atoms. The zero-order valence-corrected chi connectivity index (χ0v) is 18.8. The largest absolute Gasteiger partial charge is 0.396 e. The summed E-state index contributed by atoms with van der Waals surface area (Å²) in [6, 6.07) is 7.24. The molecule has 2 aliphatic heterocycles. The highest BCUT2D eigenvalue weighted by molar-refractivity contribution is 6.31. The molecule has 2 aromatic rings. The Balaban J connectivity index is 1.57. The highest BCUT2D eigenvalue weighted by Crippen LogP contribution is 2.23. The first-order chi connectivity index (χ1) is 15.6. The zero-order chi connectivity index (χ0) is 22.3. The molecule has 32 heavy (non-hydrogen) atoms. The molecule has 0 saturated carbocycles. The fourth-order valence-corrected chi connectivity index (χ4v) is 4.30. The molecule has 4 rings (SSSR count). The van der Waals surface area contributed by atoms with Gasteiger partial charge in [0.2, 0.25) is 23.8 Å². The average molecular weight is 460 g/mol. The summed E-state index contributed by atoms with van der Waals surface area (Å²) in [7, 11) is 0. The Hall–Kier alpha value is -2.65. The van der Waals surface area contributed by atoms with Crippen LogP contribution in [0.3, 0.4) is 0 Å². The molecule has 172 valence electrons. The molecule has 1 aromatic heterocycles. The Labute approximate surface area is 193 Å². The SMILES string of the molecule is O=C1NCCCCC1Nc1nc(NCc2ccccc2Cl)nc(N2CCCC(CO)C2)n1. The van der Waals surface area contributed by atoms with Gasteiger partial charge in [-0.05, 0) is 49.7 Å². The first-order valence-electron chi connectivity index (χ1n) is 11.3. The van der Waals surface area contributed by atoms with E-state index in [2.05, 4.69) is 35.8 Å². The van der Waals surface area contributed by atoms with Gasteiger partial charge >= 0.3 is 0 Å². The van der Waals surface area contributed by atoms with Crippen LogP contribution in [0.1, 0.15) is 37.7 Å². The first kappa shape index (κ1) is 22.5. The summed E-state index contributed by atoms with van der Waals surface area (Å²) in [4.78, 5) is 28.3. The number of amides is 1. The van der Waals surface area contributed by atoms with Crippen molar-refractivity contribution in [3.05, 3.63) is 34.9 Å². The van der Waals surface area contributed by atoms with Gasteiger partial charge in [0.05, 0.1) is 0 Å². The van der Waals surface area contributed by atoms with E-state index in [-0.39, 0.29) is 24.5 Å². The number of rotatable bonds is 7. The molecule has 0 bridgehead atoms. The topological polar surface area (TPSA) is 115 Å². The van der Waals surface area contributed by atoms with Crippen molar-refractivity contribution in [3.63, 3.8) is 0 Å². The van der Waals surface area contributed by atoms with Crippen LogP contribution in [-0.2, 0) is 11.3 Å². The highest BCUT2D eigenvalue weighted by atomic mass is 35.5. The number of nitrogens with zero attached hydrogens (tertiary/aromatic N) is 4. The molecule has 9 nitrogen and oxygen atoms in total. The van der Waals surface area contributed by atoms with Crippen molar-refractivity contribution < 1.29 is 9.90 Å². The maximum absolute atomic E-state index is 12.4. The average Bonchev–Trinajstić information content (AvgIpc) is 3.02. The van der Waals surface area contributed by atoms with E-state index in [0.717, 1.165) is 44.2 Å². The van der Waals surface area contributed by atoms with E-state index in [1.54, 1.807) is 0 Å². The number of hydrogen-bond donors (Lipinski definition) is 4. The molecule has 10 heteroatoms. The summed E-state index contributed by atoms with van der Waals surface area (Å²) in [5.41, 5.74) is 0.937. The van der Waals surface area contributed by atoms with Crippen LogP contribution < -0.4 is 20.9 Å². The van der Waals surface area contributed by atoms with Gasteiger partial charge in [0.25, 0.3) is 0 Å². The minimum Gasteiger partial charge on any atom is -0.396 e. The fourth-order valence-electron chi connectivity index (χ4n) is 4.09. The van der Waals surface area contributed by atoms with Crippen molar-refractivity contribution >= 4 is 35.4 Å². The maximum atomic E-state index is 12.4. The quantitative estimate of drug-likeness (QED) is 0.499. The Morgan fingerprint density at radius 2 is 1.97 bits per heavy atom. The number of aromatic nitrogens is 3. The number of benzene rings is 1. The number of nitrogens with one attached hydrogen (secondary N) is 3. The third kappa shape index (κ3) is 5.77. The number of hydrogen-bond acceptors (Lipinski definition) is 8. The van der Waals surface area contributed by atoms with Crippen LogP contribution in [0.15, 0.2) is 24.3 Å². The number of carbonyl (C=O) groups excluding carboxylic acids is 1. The molecule has 2 fully saturated rings. The lowest BCUT2D eigenvalue weighted by Crippen LogP contribution is -2.39. The molecular formula is C22H30ClN7O2. The van der Waals surface area contributed by atoms with Crippen molar-refractivity contribution in [3.8, 4) is 0 Å². The van der Waals surface area contributed by atoms with Gasteiger partial charge in [0.1, 0.15) is 6.04 Å². The summed E-state index contributed by atoms with van der Waals surface area (Å²) < 4.78 is 0. The maximum Gasteiger partial charge on any atom is 0.242 e. The van der Waals surface area contributed by atoms with Crippen molar-refractivity contribution in [1.29, 1.82) is 0 Å². The van der Waals surface area contributed by atoms with Gasteiger partial charge in [-0.2, -0.15) is 15.0 Å². The normalized spacial score (nSPS) is 21.6. The predicted octanol–water partition coefficient (Wildman–Crippen LogP) is 2.43. The summed E-state index contributed by atoms with van der Waals surface area (Å²) in [5, 5.41) is 19.7. The number of piperidine rings is 1. The van der Waals surface area contributed by atoms with Crippen LogP contribution in [0, 0.1) is 5.92 Å². The lowest BCUT2D eigenvalue weighted by Gasteiger charge is -2.32. The molecule has 1 amide bonds. The second-order valence-electron chi connectivity index (χ2n) is 8.35. The summed E-state index contributed by atoms with van der Waals surface area (Å²) in [6.07, 6.45) is 4.60. The summed E-state index contributed by atoms with van der Waals surface area (Å²) in [5.74, 6) is 1.48. The van der Waals surface area contributed by atoms with Crippen LogP contribution in [0.5, 0.6) is 0 Å². The van der Waals surface area contributed by atoms with Crippen molar-refractivity contribution in [2.45, 2.75) is 44.7 Å². The molecule has 4 N–H and O–H groups in total. The highest BCUT2D eigenvalue weighted by Gasteiger charge is 2.25. The first-order valence-corrected chi connectivity index (χ1v) is 11.6. The number of aliphatic hydroxyl groups excluding tert-OH is 1. The number of anilines is 3. The molecule has 2 aliphatic rings. The Kier molecular flexibility index (Phi) is 7.59. The second kappa shape index (κ2) is 10.8. The van der Waals surface area contributed by atoms with E-state index in [9.17, 15) is 9.90 Å². The van der Waals surface area contributed by atoms with Crippen LogP contribution in [-0.4, -0.2) is 58.2 Å².